The molecule has 1 amide bonds. The number of nitrogens with one attached hydrogen (secondary N) is 1. The van der Waals surface area contributed by atoms with Gasteiger partial charge in [-0.05, 0) is 18.2 Å². The molecule has 128 valence electrons. The first-order valence-corrected chi connectivity index (χ1v) is 8.52. The molecule has 0 atom stereocenters. The number of benzene rings is 1. The van der Waals surface area contributed by atoms with Gasteiger partial charge in [-0.25, -0.2) is 4.39 Å². The number of morpholine rings is 1. The summed E-state index contributed by atoms with van der Waals surface area (Å²) in [6.45, 7) is 2.89. The van der Waals surface area contributed by atoms with Crippen LogP contribution in [0.2, 0.25) is 0 Å². The Hall–Kier alpha value is -2.13. The smallest absolute Gasteiger partial charge is 0.234 e. The predicted molar refractivity (Wildman–Crippen MR) is 89.8 cm³/mol. The Morgan fingerprint density at radius 2 is 2.17 bits per heavy atom. The second kappa shape index (κ2) is 7.63. The van der Waals surface area contributed by atoms with Crippen molar-refractivity contribution in [3.05, 3.63) is 30.1 Å². The number of amides is 1. The summed E-state index contributed by atoms with van der Waals surface area (Å²) in [5.74, 6) is 0.336. The van der Waals surface area contributed by atoms with E-state index in [2.05, 4.69) is 20.4 Å². The molecule has 24 heavy (non-hydrogen) atoms. The molecule has 0 spiro atoms. The van der Waals surface area contributed by atoms with Crippen molar-refractivity contribution in [3.8, 4) is 0 Å². The van der Waals surface area contributed by atoms with Gasteiger partial charge in [0.25, 0.3) is 0 Å². The SMILES string of the molecule is Cn1c(SCC(=O)Nc2cccc(F)c2)nnc1N1CCOCC1. The number of halogens is 1. The second-order valence-corrected chi connectivity index (χ2v) is 6.23. The lowest BCUT2D eigenvalue weighted by atomic mass is 10.3. The van der Waals surface area contributed by atoms with Crippen molar-refractivity contribution in [2.75, 3.05) is 42.3 Å². The fourth-order valence-electron chi connectivity index (χ4n) is 2.37. The maximum Gasteiger partial charge on any atom is 0.234 e. The molecule has 7 nitrogen and oxygen atoms in total. The Morgan fingerprint density at radius 1 is 1.38 bits per heavy atom. The number of hydrogen-bond acceptors (Lipinski definition) is 6. The lowest BCUT2D eigenvalue weighted by Gasteiger charge is -2.27. The van der Waals surface area contributed by atoms with E-state index in [0.717, 1.165) is 19.0 Å². The number of carbonyl (C=O) groups excluding carboxylic acids is 1. The van der Waals surface area contributed by atoms with E-state index in [1.807, 2.05) is 11.6 Å². The van der Waals surface area contributed by atoms with Gasteiger partial charge in [0.1, 0.15) is 5.82 Å². The number of aromatic nitrogens is 3. The highest BCUT2D eigenvalue weighted by Gasteiger charge is 2.19. The van der Waals surface area contributed by atoms with Gasteiger partial charge < -0.3 is 15.0 Å². The van der Waals surface area contributed by atoms with E-state index in [4.69, 9.17) is 4.74 Å². The first-order valence-electron chi connectivity index (χ1n) is 7.54. The molecule has 1 aromatic heterocycles. The van der Waals surface area contributed by atoms with Gasteiger partial charge in [-0.2, -0.15) is 0 Å². The van der Waals surface area contributed by atoms with Crippen LogP contribution in [0.25, 0.3) is 0 Å². The number of ether oxygens (including phenoxy) is 1. The van der Waals surface area contributed by atoms with Crippen LogP contribution in [-0.2, 0) is 16.6 Å². The van der Waals surface area contributed by atoms with E-state index >= 15 is 0 Å². The minimum Gasteiger partial charge on any atom is -0.378 e. The van der Waals surface area contributed by atoms with Crippen LogP contribution in [0.1, 0.15) is 0 Å². The molecule has 0 bridgehead atoms. The van der Waals surface area contributed by atoms with E-state index in [1.165, 1.54) is 23.9 Å². The molecular weight excluding hydrogens is 333 g/mol. The van der Waals surface area contributed by atoms with Crippen LogP contribution < -0.4 is 10.2 Å². The second-order valence-electron chi connectivity index (χ2n) is 5.29. The average molecular weight is 351 g/mol. The summed E-state index contributed by atoms with van der Waals surface area (Å²) in [7, 11) is 1.87. The molecule has 2 aromatic rings. The van der Waals surface area contributed by atoms with Crippen molar-refractivity contribution < 1.29 is 13.9 Å². The summed E-state index contributed by atoms with van der Waals surface area (Å²) in [5.41, 5.74) is 0.438. The highest BCUT2D eigenvalue weighted by atomic mass is 32.2. The van der Waals surface area contributed by atoms with E-state index in [9.17, 15) is 9.18 Å². The molecule has 0 aliphatic carbocycles. The highest BCUT2D eigenvalue weighted by molar-refractivity contribution is 7.99. The van der Waals surface area contributed by atoms with Crippen molar-refractivity contribution >= 4 is 29.3 Å². The number of thioether (sulfide) groups is 1. The van der Waals surface area contributed by atoms with E-state index < -0.39 is 0 Å². The Kier molecular flexibility index (Phi) is 5.31. The van der Waals surface area contributed by atoms with Crippen LogP contribution in [0.4, 0.5) is 16.0 Å². The molecule has 1 N–H and O–H groups in total. The minimum atomic E-state index is -0.385. The zero-order chi connectivity index (χ0) is 16.9. The first-order chi connectivity index (χ1) is 11.6. The van der Waals surface area contributed by atoms with Crippen LogP contribution in [0.3, 0.4) is 0 Å². The van der Waals surface area contributed by atoms with Crippen molar-refractivity contribution in [1.82, 2.24) is 14.8 Å². The first kappa shape index (κ1) is 16.7. The third kappa shape index (κ3) is 4.04. The standard InChI is InChI=1S/C15H18FN5O2S/c1-20-14(21-5-7-23-8-6-21)18-19-15(20)24-10-13(22)17-12-4-2-3-11(16)9-12/h2-4,9H,5-8,10H2,1H3,(H,17,22). The summed E-state index contributed by atoms with van der Waals surface area (Å²) in [4.78, 5) is 14.1. The molecule has 1 aliphatic heterocycles. The molecule has 0 radical (unpaired) electrons. The molecular formula is C15H18FN5O2S. The number of nitrogens with zero attached hydrogens (tertiary/aromatic N) is 4. The summed E-state index contributed by atoms with van der Waals surface area (Å²) in [6.07, 6.45) is 0. The minimum absolute atomic E-state index is 0.172. The van der Waals surface area contributed by atoms with E-state index in [1.54, 1.807) is 12.1 Å². The molecule has 9 heteroatoms. The molecule has 3 rings (SSSR count). The predicted octanol–water partition coefficient (Wildman–Crippen LogP) is 1.52. The van der Waals surface area contributed by atoms with Crippen molar-refractivity contribution in [2.45, 2.75) is 5.16 Å². The van der Waals surface area contributed by atoms with Gasteiger partial charge in [0.2, 0.25) is 11.9 Å². The van der Waals surface area contributed by atoms with Gasteiger partial charge >= 0.3 is 0 Å². The van der Waals surface area contributed by atoms with Crippen LogP contribution in [0.15, 0.2) is 29.4 Å². The Labute approximate surface area is 143 Å². The Balaban J connectivity index is 1.56. The molecule has 2 heterocycles. The Bertz CT molecular complexity index is 718. The summed E-state index contributed by atoms with van der Waals surface area (Å²) < 4.78 is 20.3. The normalized spacial score (nSPS) is 14.7. The molecule has 1 aliphatic rings. The highest BCUT2D eigenvalue weighted by Crippen LogP contribution is 2.21. The summed E-state index contributed by atoms with van der Waals surface area (Å²) in [5, 5.41) is 11.6. The average Bonchev–Trinajstić information content (AvgIpc) is 2.94. The fourth-order valence-corrected chi connectivity index (χ4v) is 3.07. The van der Waals surface area contributed by atoms with Gasteiger partial charge in [0.05, 0.1) is 19.0 Å². The lowest BCUT2D eigenvalue weighted by Crippen LogP contribution is -2.37. The molecule has 0 saturated carbocycles. The van der Waals surface area contributed by atoms with E-state index in [0.29, 0.717) is 24.1 Å². The third-order valence-electron chi connectivity index (χ3n) is 3.55. The fraction of sp³-hybridized carbons (Fsp3) is 0.400. The molecule has 0 unspecified atom stereocenters. The van der Waals surface area contributed by atoms with E-state index in [-0.39, 0.29) is 17.5 Å². The van der Waals surface area contributed by atoms with Crippen molar-refractivity contribution in [3.63, 3.8) is 0 Å². The van der Waals surface area contributed by atoms with Crippen LogP contribution in [0.5, 0.6) is 0 Å². The van der Waals surface area contributed by atoms with Gasteiger partial charge in [0.15, 0.2) is 5.16 Å². The van der Waals surface area contributed by atoms with Gasteiger partial charge in [0, 0.05) is 25.8 Å². The maximum absolute atomic E-state index is 13.1. The van der Waals surface area contributed by atoms with Crippen molar-refractivity contribution in [1.29, 1.82) is 0 Å². The molecule has 1 fully saturated rings. The largest absolute Gasteiger partial charge is 0.378 e. The lowest BCUT2D eigenvalue weighted by molar-refractivity contribution is -0.113. The number of anilines is 2. The molecule has 1 aromatic carbocycles. The Morgan fingerprint density at radius 3 is 2.92 bits per heavy atom. The van der Waals surface area contributed by atoms with Crippen LogP contribution >= 0.6 is 11.8 Å². The zero-order valence-electron chi connectivity index (χ0n) is 13.2. The summed E-state index contributed by atoms with van der Waals surface area (Å²) >= 11 is 1.29. The zero-order valence-corrected chi connectivity index (χ0v) is 14.1. The summed E-state index contributed by atoms with van der Waals surface area (Å²) in [6, 6.07) is 5.80. The van der Waals surface area contributed by atoms with Crippen LogP contribution in [-0.4, -0.2) is 52.7 Å². The van der Waals surface area contributed by atoms with Gasteiger partial charge in [-0.3, -0.25) is 9.36 Å². The number of rotatable bonds is 5. The quantitative estimate of drug-likeness (QED) is 0.824. The van der Waals surface area contributed by atoms with Gasteiger partial charge in [-0.1, -0.05) is 17.8 Å². The molecule has 1 saturated heterocycles. The van der Waals surface area contributed by atoms with Gasteiger partial charge in [-0.15, -0.1) is 10.2 Å². The van der Waals surface area contributed by atoms with Crippen molar-refractivity contribution in [2.24, 2.45) is 7.05 Å². The third-order valence-corrected chi connectivity index (χ3v) is 4.57. The maximum atomic E-state index is 13.1. The monoisotopic (exact) mass is 351 g/mol. The number of carbonyl (C=O) groups is 1. The number of hydrogen-bond donors (Lipinski definition) is 1. The van der Waals surface area contributed by atoms with Crippen LogP contribution in [0, 0.1) is 5.82 Å². The topological polar surface area (TPSA) is 72.3 Å².